The molecule has 0 aliphatic heterocycles. The van der Waals surface area contributed by atoms with Crippen molar-refractivity contribution in [1.82, 2.24) is 4.90 Å². The number of para-hydroxylation sites is 1. The van der Waals surface area contributed by atoms with E-state index < -0.39 is 17.8 Å². The smallest absolute Gasteiger partial charge is 0.303 e. The summed E-state index contributed by atoms with van der Waals surface area (Å²) in [6, 6.07) is 23.2. The fourth-order valence-corrected chi connectivity index (χ4v) is 4.21. The fraction of sp³-hybridized carbons (Fsp3) is 0.310. The van der Waals surface area contributed by atoms with Gasteiger partial charge in [-0.2, -0.15) is 0 Å². The average molecular weight is 490 g/mol. The van der Waals surface area contributed by atoms with E-state index in [1.54, 1.807) is 36.4 Å². The van der Waals surface area contributed by atoms with E-state index in [0.29, 0.717) is 44.3 Å². The third kappa shape index (κ3) is 6.11. The number of ether oxygens (including phenoxy) is 1. The number of carbonyl (C=O) groups excluding carboxylic acids is 1. The van der Waals surface area contributed by atoms with E-state index >= 15 is 0 Å². The Hall–Kier alpha value is -3.68. The SMILES string of the molecule is O=C(O)CCCCCOc1ccccc1C(O)(O)N(C(=O)c1ccc(-c2ccccc2)cc1)C1CC1. The molecule has 3 aromatic rings. The Labute approximate surface area is 210 Å². The van der Waals surface area contributed by atoms with Crippen LogP contribution in [-0.2, 0) is 10.7 Å². The van der Waals surface area contributed by atoms with Crippen LogP contribution in [0.15, 0.2) is 78.9 Å². The van der Waals surface area contributed by atoms with Crippen LogP contribution in [0.3, 0.4) is 0 Å². The van der Waals surface area contributed by atoms with E-state index in [2.05, 4.69) is 0 Å². The molecule has 1 aliphatic carbocycles. The standard InChI is InChI=1S/C29H31NO6/c31-27(32)13-5-2-8-20-36-26-12-7-6-11-25(26)29(34,35)30(24-18-19-24)28(33)23-16-14-22(15-17-23)21-9-3-1-4-10-21/h1,3-4,6-7,9-12,14-17,24,34-35H,2,5,8,13,18-20H2,(H,31,32). The number of carboxylic acid groups (broad SMARTS) is 1. The predicted octanol–water partition coefficient (Wildman–Crippen LogP) is 4.78. The van der Waals surface area contributed by atoms with Crippen LogP contribution >= 0.6 is 0 Å². The van der Waals surface area contributed by atoms with Crippen molar-refractivity contribution >= 4 is 11.9 Å². The highest BCUT2D eigenvalue weighted by Gasteiger charge is 2.48. The molecule has 0 aromatic heterocycles. The molecule has 0 heterocycles. The van der Waals surface area contributed by atoms with E-state index in [4.69, 9.17) is 9.84 Å². The number of hydrogen-bond acceptors (Lipinski definition) is 5. The van der Waals surface area contributed by atoms with Crippen molar-refractivity contribution in [3.05, 3.63) is 90.0 Å². The number of amides is 1. The van der Waals surface area contributed by atoms with E-state index in [1.807, 2.05) is 42.5 Å². The zero-order chi connectivity index (χ0) is 25.5. The number of unbranched alkanes of at least 4 members (excludes halogenated alkanes) is 2. The largest absolute Gasteiger partial charge is 0.493 e. The molecule has 1 saturated carbocycles. The number of nitrogens with zero attached hydrogens (tertiary/aromatic N) is 1. The first-order valence-corrected chi connectivity index (χ1v) is 12.3. The molecule has 1 fully saturated rings. The predicted molar refractivity (Wildman–Crippen MR) is 135 cm³/mol. The molecule has 0 saturated heterocycles. The lowest BCUT2D eigenvalue weighted by Crippen LogP contribution is -2.51. The average Bonchev–Trinajstić information content (AvgIpc) is 3.71. The van der Waals surface area contributed by atoms with Crippen molar-refractivity contribution < 1.29 is 29.6 Å². The normalized spacial score (nSPS) is 13.3. The number of carboxylic acids is 1. The van der Waals surface area contributed by atoms with Crippen LogP contribution in [-0.4, -0.2) is 44.7 Å². The Morgan fingerprint density at radius 1 is 0.833 bits per heavy atom. The van der Waals surface area contributed by atoms with Gasteiger partial charge >= 0.3 is 5.97 Å². The highest BCUT2D eigenvalue weighted by atomic mass is 16.5. The summed E-state index contributed by atoms with van der Waals surface area (Å²) in [4.78, 5) is 25.3. The minimum atomic E-state index is -2.56. The second-order valence-electron chi connectivity index (χ2n) is 9.03. The molecule has 36 heavy (non-hydrogen) atoms. The summed E-state index contributed by atoms with van der Waals surface area (Å²) in [5.41, 5.74) is 2.46. The van der Waals surface area contributed by atoms with E-state index in [0.717, 1.165) is 16.0 Å². The molecular formula is C29H31NO6. The fourth-order valence-electron chi connectivity index (χ4n) is 4.21. The van der Waals surface area contributed by atoms with Crippen molar-refractivity contribution in [1.29, 1.82) is 0 Å². The van der Waals surface area contributed by atoms with Crippen LogP contribution in [0.2, 0.25) is 0 Å². The number of hydrogen-bond donors (Lipinski definition) is 3. The number of aliphatic hydroxyl groups is 2. The molecular weight excluding hydrogens is 458 g/mol. The maximum absolute atomic E-state index is 13.5. The topological polar surface area (TPSA) is 107 Å². The van der Waals surface area contributed by atoms with Gasteiger partial charge in [0.2, 0.25) is 0 Å². The van der Waals surface area contributed by atoms with Crippen molar-refractivity contribution in [2.75, 3.05) is 6.61 Å². The van der Waals surface area contributed by atoms with Gasteiger partial charge in [-0.15, -0.1) is 0 Å². The second-order valence-corrected chi connectivity index (χ2v) is 9.03. The lowest BCUT2D eigenvalue weighted by atomic mass is 10.0. The van der Waals surface area contributed by atoms with Gasteiger partial charge in [0.05, 0.1) is 12.2 Å². The van der Waals surface area contributed by atoms with Crippen LogP contribution in [0.1, 0.15) is 54.4 Å². The molecule has 0 bridgehead atoms. The summed E-state index contributed by atoms with van der Waals surface area (Å²) in [6.45, 7) is 0.297. The summed E-state index contributed by atoms with van der Waals surface area (Å²) >= 11 is 0. The molecule has 0 spiro atoms. The maximum Gasteiger partial charge on any atom is 0.303 e. The molecule has 3 aromatic carbocycles. The molecule has 188 valence electrons. The van der Waals surface area contributed by atoms with E-state index in [9.17, 15) is 19.8 Å². The zero-order valence-electron chi connectivity index (χ0n) is 20.0. The Kier molecular flexibility index (Phi) is 8.03. The number of rotatable bonds is 12. The Bertz CT molecular complexity index is 1170. The Morgan fingerprint density at radius 2 is 1.47 bits per heavy atom. The molecule has 3 N–H and O–H groups in total. The monoisotopic (exact) mass is 489 g/mol. The van der Waals surface area contributed by atoms with Crippen LogP contribution < -0.4 is 4.74 Å². The van der Waals surface area contributed by atoms with Gasteiger partial charge in [0.15, 0.2) is 0 Å². The lowest BCUT2D eigenvalue weighted by molar-refractivity contribution is -0.259. The molecule has 7 nitrogen and oxygen atoms in total. The third-order valence-electron chi connectivity index (χ3n) is 6.25. The maximum atomic E-state index is 13.5. The highest BCUT2D eigenvalue weighted by Crippen LogP contribution is 2.40. The highest BCUT2D eigenvalue weighted by molar-refractivity contribution is 5.95. The first-order valence-electron chi connectivity index (χ1n) is 12.3. The lowest BCUT2D eigenvalue weighted by Gasteiger charge is -2.36. The van der Waals surface area contributed by atoms with Gasteiger partial charge in [-0.1, -0.05) is 54.6 Å². The molecule has 1 amide bonds. The van der Waals surface area contributed by atoms with Crippen LogP contribution in [0.25, 0.3) is 11.1 Å². The summed E-state index contributed by atoms with van der Waals surface area (Å²) in [7, 11) is 0. The number of carbonyl (C=O) groups is 2. The molecule has 4 rings (SSSR count). The summed E-state index contributed by atoms with van der Waals surface area (Å²) in [6.07, 6.45) is 3.34. The number of benzene rings is 3. The van der Waals surface area contributed by atoms with Gasteiger partial charge in [0.1, 0.15) is 5.75 Å². The Morgan fingerprint density at radius 3 is 2.14 bits per heavy atom. The minimum Gasteiger partial charge on any atom is -0.493 e. The van der Waals surface area contributed by atoms with Gasteiger partial charge in [-0.3, -0.25) is 14.5 Å². The van der Waals surface area contributed by atoms with Crippen LogP contribution in [0.4, 0.5) is 0 Å². The molecule has 7 heteroatoms. The van der Waals surface area contributed by atoms with Gasteiger partial charge in [-0.25, -0.2) is 0 Å². The first-order chi connectivity index (χ1) is 17.4. The van der Waals surface area contributed by atoms with Gasteiger partial charge in [0, 0.05) is 18.0 Å². The van der Waals surface area contributed by atoms with Crippen molar-refractivity contribution in [3.63, 3.8) is 0 Å². The summed E-state index contributed by atoms with van der Waals surface area (Å²) in [5.74, 6) is -3.58. The van der Waals surface area contributed by atoms with E-state index in [-0.39, 0.29) is 23.8 Å². The van der Waals surface area contributed by atoms with Gasteiger partial charge < -0.3 is 20.1 Å². The molecule has 1 aliphatic rings. The van der Waals surface area contributed by atoms with Crippen molar-refractivity contribution in [2.45, 2.75) is 50.5 Å². The third-order valence-corrected chi connectivity index (χ3v) is 6.25. The Balaban J connectivity index is 1.50. The van der Waals surface area contributed by atoms with Crippen molar-refractivity contribution in [3.8, 4) is 16.9 Å². The van der Waals surface area contributed by atoms with Gasteiger partial charge in [0.25, 0.3) is 11.8 Å². The summed E-state index contributed by atoms with van der Waals surface area (Å²) < 4.78 is 5.83. The van der Waals surface area contributed by atoms with E-state index in [1.165, 1.54) is 0 Å². The van der Waals surface area contributed by atoms with Gasteiger partial charge in [-0.05, 0) is 67.5 Å². The zero-order valence-corrected chi connectivity index (χ0v) is 20.0. The molecule has 0 unspecified atom stereocenters. The molecule has 0 radical (unpaired) electrons. The summed E-state index contributed by atoms with van der Waals surface area (Å²) in [5, 5.41) is 31.4. The minimum absolute atomic E-state index is 0.0942. The molecule has 0 atom stereocenters. The second kappa shape index (κ2) is 11.4. The number of aliphatic carboxylic acids is 1. The van der Waals surface area contributed by atoms with Crippen molar-refractivity contribution in [2.24, 2.45) is 0 Å². The van der Waals surface area contributed by atoms with Crippen LogP contribution in [0, 0.1) is 0 Å². The first kappa shape index (κ1) is 25.4. The van der Waals surface area contributed by atoms with Crippen LogP contribution in [0.5, 0.6) is 5.75 Å². The quantitative estimate of drug-likeness (QED) is 0.250.